The number of ketones is 1. The highest BCUT2D eigenvalue weighted by molar-refractivity contribution is 5.99. The predicted molar refractivity (Wildman–Crippen MR) is 63.9 cm³/mol. The van der Waals surface area contributed by atoms with Crippen LogP contribution >= 0.6 is 0 Å². The van der Waals surface area contributed by atoms with E-state index in [1.807, 2.05) is 0 Å². The Morgan fingerprint density at radius 2 is 1.89 bits per heavy atom. The first kappa shape index (κ1) is 13.9. The van der Waals surface area contributed by atoms with Crippen molar-refractivity contribution in [1.82, 2.24) is 0 Å². The van der Waals surface area contributed by atoms with Crippen LogP contribution in [0.25, 0.3) is 0 Å². The SMILES string of the molecule is C=C(C)C(=O)CC1(C(=O)O)C=CC=CC1C(=O)O. The summed E-state index contributed by atoms with van der Waals surface area (Å²) in [4.78, 5) is 34.2. The van der Waals surface area contributed by atoms with Crippen LogP contribution in [0.2, 0.25) is 0 Å². The molecule has 0 aromatic rings. The maximum absolute atomic E-state index is 11.7. The van der Waals surface area contributed by atoms with Gasteiger partial charge in [0, 0.05) is 6.42 Å². The second-order valence-electron chi connectivity index (χ2n) is 4.29. The number of hydrogen-bond acceptors (Lipinski definition) is 3. The lowest BCUT2D eigenvalue weighted by Crippen LogP contribution is -2.43. The van der Waals surface area contributed by atoms with Crippen molar-refractivity contribution in [1.29, 1.82) is 0 Å². The maximum Gasteiger partial charge on any atom is 0.315 e. The van der Waals surface area contributed by atoms with Crippen LogP contribution in [-0.4, -0.2) is 27.9 Å². The van der Waals surface area contributed by atoms with E-state index >= 15 is 0 Å². The van der Waals surface area contributed by atoms with E-state index in [9.17, 15) is 19.5 Å². The largest absolute Gasteiger partial charge is 0.481 e. The van der Waals surface area contributed by atoms with Crippen molar-refractivity contribution in [3.8, 4) is 0 Å². The number of carboxylic acids is 2. The van der Waals surface area contributed by atoms with Crippen molar-refractivity contribution in [3.63, 3.8) is 0 Å². The number of carboxylic acid groups (broad SMARTS) is 2. The monoisotopic (exact) mass is 250 g/mol. The number of aliphatic carboxylic acids is 2. The molecule has 2 N–H and O–H groups in total. The van der Waals surface area contributed by atoms with Gasteiger partial charge in [0.05, 0.1) is 5.92 Å². The summed E-state index contributed by atoms with van der Waals surface area (Å²) in [5.74, 6) is -4.32. The quantitative estimate of drug-likeness (QED) is 0.720. The Morgan fingerprint density at radius 1 is 1.28 bits per heavy atom. The zero-order valence-corrected chi connectivity index (χ0v) is 9.92. The molecule has 0 aliphatic heterocycles. The molecule has 1 rings (SSSR count). The van der Waals surface area contributed by atoms with Gasteiger partial charge in [0.1, 0.15) is 5.41 Å². The first-order valence-corrected chi connectivity index (χ1v) is 5.32. The van der Waals surface area contributed by atoms with Gasteiger partial charge < -0.3 is 10.2 Å². The van der Waals surface area contributed by atoms with E-state index in [4.69, 9.17) is 5.11 Å². The van der Waals surface area contributed by atoms with Gasteiger partial charge >= 0.3 is 11.9 Å². The number of hydrogen-bond donors (Lipinski definition) is 2. The minimum atomic E-state index is -1.74. The van der Waals surface area contributed by atoms with E-state index in [1.165, 1.54) is 31.2 Å². The van der Waals surface area contributed by atoms with Crippen molar-refractivity contribution >= 4 is 17.7 Å². The average Bonchev–Trinajstić information content (AvgIpc) is 2.28. The average molecular weight is 250 g/mol. The van der Waals surface area contributed by atoms with Gasteiger partial charge in [-0.05, 0) is 12.5 Å². The van der Waals surface area contributed by atoms with Crippen LogP contribution in [0, 0.1) is 11.3 Å². The number of carbonyl (C=O) groups is 3. The van der Waals surface area contributed by atoms with Gasteiger partial charge in [-0.2, -0.15) is 0 Å². The smallest absolute Gasteiger partial charge is 0.315 e. The minimum absolute atomic E-state index is 0.211. The molecule has 0 radical (unpaired) electrons. The lowest BCUT2D eigenvalue weighted by atomic mass is 9.69. The van der Waals surface area contributed by atoms with Crippen LogP contribution < -0.4 is 0 Å². The molecule has 5 nitrogen and oxygen atoms in total. The summed E-state index contributed by atoms with van der Waals surface area (Å²) in [5, 5.41) is 18.4. The van der Waals surface area contributed by atoms with Crippen molar-refractivity contribution in [3.05, 3.63) is 36.5 Å². The standard InChI is InChI=1S/C13H14O5/c1-8(2)10(14)7-13(12(17)18)6-4-3-5-9(13)11(15)16/h3-6,9H,1,7H2,2H3,(H,15,16)(H,17,18). The normalized spacial score (nSPS) is 25.7. The molecular formula is C13H14O5. The highest BCUT2D eigenvalue weighted by Gasteiger charge is 2.48. The van der Waals surface area contributed by atoms with Crippen LogP contribution in [-0.2, 0) is 14.4 Å². The lowest BCUT2D eigenvalue weighted by Gasteiger charge is -2.31. The van der Waals surface area contributed by atoms with Crippen LogP contribution in [0.1, 0.15) is 13.3 Å². The third kappa shape index (κ3) is 2.40. The van der Waals surface area contributed by atoms with Crippen molar-refractivity contribution < 1.29 is 24.6 Å². The van der Waals surface area contributed by atoms with E-state index in [0.717, 1.165) is 0 Å². The third-order valence-electron chi connectivity index (χ3n) is 2.96. The van der Waals surface area contributed by atoms with Gasteiger partial charge in [-0.15, -0.1) is 0 Å². The molecule has 18 heavy (non-hydrogen) atoms. The maximum atomic E-state index is 11.7. The first-order chi connectivity index (χ1) is 8.31. The Kier molecular flexibility index (Phi) is 3.86. The second-order valence-corrected chi connectivity index (χ2v) is 4.29. The van der Waals surface area contributed by atoms with Crippen molar-refractivity contribution in [2.24, 2.45) is 11.3 Å². The molecule has 2 unspecified atom stereocenters. The fourth-order valence-electron chi connectivity index (χ4n) is 1.85. The van der Waals surface area contributed by atoms with Crippen molar-refractivity contribution in [2.45, 2.75) is 13.3 Å². The van der Waals surface area contributed by atoms with E-state index in [0.29, 0.717) is 0 Å². The Labute approximate surface area is 104 Å². The highest BCUT2D eigenvalue weighted by atomic mass is 16.4. The summed E-state index contributed by atoms with van der Waals surface area (Å²) < 4.78 is 0. The molecule has 2 atom stereocenters. The van der Waals surface area contributed by atoms with E-state index in [2.05, 4.69) is 6.58 Å². The van der Waals surface area contributed by atoms with Crippen molar-refractivity contribution in [2.75, 3.05) is 0 Å². The summed E-state index contributed by atoms with van der Waals surface area (Å²) in [6, 6.07) is 0. The Bertz CT molecular complexity index is 472. The molecule has 0 fully saturated rings. The van der Waals surface area contributed by atoms with Gasteiger partial charge in [0.25, 0.3) is 0 Å². The first-order valence-electron chi connectivity index (χ1n) is 5.32. The predicted octanol–water partition coefficient (Wildman–Crippen LogP) is 1.42. The molecule has 0 amide bonds. The summed E-state index contributed by atoms with van der Waals surface area (Å²) in [6.07, 6.45) is 5.04. The van der Waals surface area contributed by atoms with E-state index in [-0.39, 0.29) is 5.57 Å². The zero-order chi connectivity index (χ0) is 13.9. The van der Waals surface area contributed by atoms with Crippen LogP contribution in [0.15, 0.2) is 36.5 Å². The second kappa shape index (κ2) is 5.00. The van der Waals surface area contributed by atoms with Gasteiger partial charge in [0.15, 0.2) is 5.78 Å². The molecule has 96 valence electrons. The number of rotatable bonds is 5. The molecule has 1 aliphatic rings. The molecule has 0 saturated heterocycles. The van der Waals surface area contributed by atoms with E-state index in [1.54, 1.807) is 0 Å². The van der Waals surface area contributed by atoms with Crippen LogP contribution in [0.3, 0.4) is 0 Å². The highest BCUT2D eigenvalue weighted by Crippen LogP contribution is 2.38. The summed E-state index contributed by atoms with van der Waals surface area (Å²) in [7, 11) is 0. The molecule has 0 bridgehead atoms. The molecule has 0 aromatic heterocycles. The fourth-order valence-corrected chi connectivity index (χ4v) is 1.85. The fraction of sp³-hybridized carbons (Fsp3) is 0.308. The lowest BCUT2D eigenvalue weighted by molar-refractivity contribution is -0.158. The molecule has 5 heteroatoms. The Balaban J connectivity index is 3.21. The summed E-state index contributed by atoms with van der Waals surface area (Å²) in [5.41, 5.74) is -1.53. The Morgan fingerprint density at radius 3 is 2.33 bits per heavy atom. The molecule has 0 spiro atoms. The topological polar surface area (TPSA) is 91.7 Å². The summed E-state index contributed by atoms with van der Waals surface area (Å²) >= 11 is 0. The summed E-state index contributed by atoms with van der Waals surface area (Å²) in [6.45, 7) is 4.92. The van der Waals surface area contributed by atoms with Crippen LogP contribution in [0.5, 0.6) is 0 Å². The zero-order valence-electron chi connectivity index (χ0n) is 9.92. The molecular weight excluding hydrogens is 236 g/mol. The number of Topliss-reactive ketones (excluding diaryl/α,β-unsaturated/α-hetero) is 1. The number of allylic oxidation sites excluding steroid dienone is 3. The molecule has 0 saturated carbocycles. The molecule has 0 heterocycles. The van der Waals surface area contributed by atoms with Gasteiger partial charge in [-0.3, -0.25) is 14.4 Å². The third-order valence-corrected chi connectivity index (χ3v) is 2.96. The Hall–Kier alpha value is -2.17. The van der Waals surface area contributed by atoms with Gasteiger partial charge in [-0.1, -0.05) is 30.9 Å². The van der Waals surface area contributed by atoms with Gasteiger partial charge in [0.2, 0.25) is 0 Å². The van der Waals surface area contributed by atoms with E-state index < -0.39 is 35.5 Å². The minimum Gasteiger partial charge on any atom is -0.481 e. The van der Waals surface area contributed by atoms with Gasteiger partial charge in [-0.25, -0.2) is 0 Å². The number of carbonyl (C=O) groups excluding carboxylic acids is 1. The molecule has 0 aromatic carbocycles. The van der Waals surface area contributed by atoms with Crippen LogP contribution in [0.4, 0.5) is 0 Å². The molecule has 1 aliphatic carbocycles.